The molecule has 0 aromatic carbocycles. The Morgan fingerprint density at radius 2 is 1.71 bits per heavy atom. The zero-order valence-corrected chi connectivity index (χ0v) is 9.25. The predicted molar refractivity (Wildman–Crippen MR) is 53.8 cm³/mol. The molecule has 0 bridgehead atoms. The second kappa shape index (κ2) is 4.30. The second-order valence-corrected chi connectivity index (χ2v) is 5.04. The van der Waals surface area contributed by atoms with Gasteiger partial charge in [-0.3, -0.25) is 4.79 Å². The molecule has 0 radical (unpaired) electrons. The largest absolute Gasteiger partial charge is 0.460 e. The van der Waals surface area contributed by atoms with Gasteiger partial charge in [0.2, 0.25) is 0 Å². The van der Waals surface area contributed by atoms with Gasteiger partial charge in [-0.15, -0.1) is 0 Å². The number of aliphatic hydroxyl groups is 1. The Kier molecular flexibility index (Phi) is 3.53. The predicted octanol–water partition coefficient (Wildman–Crippen LogP) is 1.88. The highest BCUT2D eigenvalue weighted by molar-refractivity contribution is 5.72. The van der Waals surface area contributed by atoms with E-state index in [2.05, 4.69) is 0 Å². The van der Waals surface area contributed by atoms with Crippen molar-refractivity contribution in [2.45, 2.75) is 58.2 Å². The molecule has 3 heteroatoms. The summed E-state index contributed by atoms with van der Waals surface area (Å²) in [6, 6.07) is 0. The van der Waals surface area contributed by atoms with Gasteiger partial charge in [0.1, 0.15) is 5.60 Å². The van der Waals surface area contributed by atoms with E-state index in [4.69, 9.17) is 4.74 Å². The van der Waals surface area contributed by atoms with E-state index in [1.807, 2.05) is 20.8 Å². The molecule has 0 amide bonds. The van der Waals surface area contributed by atoms with Gasteiger partial charge in [-0.25, -0.2) is 0 Å². The first kappa shape index (κ1) is 11.5. The SMILES string of the molecule is CC(C)(C)OC(=O)C1CCC(O)CC1. The summed E-state index contributed by atoms with van der Waals surface area (Å²) in [6.07, 6.45) is 2.76. The lowest BCUT2D eigenvalue weighted by Crippen LogP contribution is -2.31. The average Bonchev–Trinajstić information content (AvgIpc) is 2.02. The maximum atomic E-state index is 11.6. The summed E-state index contributed by atoms with van der Waals surface area (Å²) < 4.78 is 5.29. The quantitative estimate of drug-likeness (QED) is 0.657. The lowest BCUT2D eigenvalue weighted by molar-refractivity contribution is -0.161. The molecule has 0 heterocycles. The highest BCUT2D eigenvalue weighted by atomic mass is 16.6. The summed E-state index contributed by atoms with van der Waals surface area (Å²) in [6.45, 7) is 5.63. The number of hydrogen-bond acceptors (Lipinski definition) is 3. The van der Waals surface area contributed by atoms with Gasteiger partial charge in [0.15, 0.2) is 0 Å². The Morgan fingerprint density at radius 1 is 1.21 bits per heavy atom. The minimum absolute atomic E-state index is 0.00220. The minimum atomic E-state index is -0.396. The Morgan fingerprint density at radius 3 is 2.14 bits per heavy atom. The van der Waals surface area contributed by atoms with Crippen LogP contribution in [-0.4, -0.2) is 22.8 Å². The van der Waals surface area contributed by atoms with E-state index < -0.39 is 5.60 Å². The lowest BCUT2D eigenvalue weighted by Gasteiger charge is -2.27. The van der Waals surface area contributed by atoms with Crippen molar-refractivity contribution < 1.29 is 14.6 Å². The highest BCUT2D eigenvalue weighted by Gasteiger charge is 2.28. The third-order valence-corrected chi connectivity index (χ3v) is 2.44. The van der Waals surface area contributed by atoms with Crippen molar-refractivity contribution in [2.24, 2.45) is 5.92 Å². The van der Waals surface area contributed by atoms with Crippen molar-refractivity contribution in [1.29, 1.82) is 0 Å². The Hall–Kier alpha value is -0.570. The van der Waals surface area contributed by atoms with Crippen molar-refractivity contribution in [1.82, 2.24) is 0 Å². The first-order valence-electron chi connectivity index (χ1n) is 5.29. The summed E-state index contributed by atoms with van der Waals surface area (Å²) in [4.78, 5) is 11.6. The highest BCUT2D eigenvalue weighted by Crippen LogP contribution is 2.26. The third-order valence-electron chi connectivity index (χ3n) is 2.44. The molecule has 0 saturated heterocycles. The standard InChI is InChI=1S/C11H20O3/c1-11(2,3)14-10(13)8-4-6-9(12)7-5-8/h8-9,12H,4-7H2,1-3H3. The summed E-state index contributed by atoms with van der Waals surface area (Å²) in [5.41, 5.74) is -0.396. The fourth-order valence-electron chi connectivity index (χ4n) is 1.70. The van der Waals surface area contributed by atoms with Gasteiger partial charge in [-0.1, -0.05) is 0 Å². The summed E-state index contributed by atoms with van der Waals surface area (Å²) in [5, 5.41) is 9.29. The fourth-order valence-corrected chi connectivity index (χ4v) is 1.70. The zero-order chi connectivity index (χ0) is 10.8. The van der Waals surface area contributed by atoms with Crippen molar-refractivity contribution in [2.75, 3.05) is 0 Å². The number of carbonyl (C=O) groups excluding carboxylic acids is 1. The van der Waals surface area contributed by atoms with Crippen LogP contribution in [0, 0.1) is 5.92 Å². The maximum Gasteiger partial charge on any atom is 0.309 e. The first-order valence-corrected chi connectivity index (χ1v) is 5.29. The summed E-state index contributed by atoms with van der Waals surface area (Å²) >= 11 is 0. The van der Waals surface area contributed by atoms with Crippen molar-refractivity contribution in [3.05, 3.63) is 0 Å². The van der Waals surface area contributed by atoms with Gasteiger partial charge in [-0.05, 0) is 46.5 Å². The van der Waals surface area contributed by atoms with Gasteiger partial charge in [0.05, 0.1) is 12.0 Å². The van der Waals surface area contributed by atoms with Crippen LogP contribution >= 0.6 is 0 Å². The fraction of sp³-hybridized carbons (Fsp3) is 0.909. The van der Waals surface area contributed by atoms with Crippen LogP contribution in [-0.2, 0) is 9.53 Å². The molecule has 14 heavy (non-hydrogen) atoms. The van der Waals surface area contributed by atoms with Crippen molar-refractivity contribution in [3.63, 3.8) is 0 Å². The normalized spacial score (nSPS) is 28.6. The van der Waals surface area contributed by atoms with Gasteiger partial charge in [0, 0.05) is 0 Å². The van der Waals surface area contributed by atoms with Gasteiger partial charge < -0.3 is 9.84 Å². The van der Waals surface area contributed by atoms with Crippen molar-refractivity contribution in [3.8, 4) is 0 Å². The van der Waals surface area contributed by atoms with E-state index >= 15 is 0 Å². The Balaban J connectivity index is 2.38. The molecule has 1 rings (SSSR count). The molecule has 1 saturated carbocycles. The summed E-state index contributed by atoms with van der Waals surface area (Å²) in [5.74, 6) is -0.109. The molecule has 3 nitrogen and oxygen atoms in total. The number of esters is 1. The van der Waals surface area contributed by atoms with Crippen LogP contribution in [0.4, 0.5) is 0 Å². The Labute approximate surface area is 85.5 Å². The number of ether oxygens (including phenoxy) is 1. The molecule has 82 valence electrons. The molecule has 0 aromatic heterocycles. The van der Waals surface area contributed by atoms with Gasteiger partial charge >= 0.3 is 5.97 Å². The number of hydrogen-bond donors (Lipinski definition) is 1. The summed E-state index contributed by atoms with van der Waals surface area (Å²) in [7, 11) is 0. The molecule has 0 unspecified atom stereocenters. The third kappa shape index (κ3) is 3.66. The Bertz CT molecular complexity index is 197. The number of aliphatic hydroxyl groups excluding tert-OH is 1. The maximum absolute atomic E-state index is 11.6. The number of rotatable bonds is 1. The van der Waals surface area contributed by atoms with Crippen LogP contribution in [0.1, 0.15) is 46.5 Å². The van der Waals surface area contributed by atoms with Crippen molar-refractivity contribution >= 4 is 5.97 Å². The average molecular weight is 200 g/mol. The van der Waals surface area contributed by atoms with E-state index in [0.29, 0.717) is 0 Å². The van der Waals surface area contributed by atoms with E-state index in [9.17, 15) is 9.90 Å². The molecule has 0 aliphatic heterocycles. The van der Waals surface area contributed by atoms with Gasteiger partial charge in [0.25, 0.3) is 0 Å². The topological polar surface area (TPSA) is 46.5 Å². The first-order chi connectivity index (χ1) is 6.38. The molecule has 1 aliphatic carbocycles. The molecule has 1 aliphatic rings. The van der Waals surface area contributed by atoms with Crippen LogP contribution in [0.3, 0.4) is 0 Å². The van der Waals surface area contributed by atoms with Crippen LogP contribution in [0.2, 0.25) is 0 Å². The molecule has 1 fully saturated rings. The van der Waals surface area contributed by atoms with Gasteiger partial charge in [-0.2, -0.15) is 0 Å². The minimum Gasteiger partial charge on any atom is -0.460 e. The monoisotopic (exact) mass is 200 g/mol. The van der Waals surface area contributed by atoms with Crippen LogP contribution < -0.4 is 0 Å². The van der Waals surface area contributed by atoms with E-state index in [1.165, 1.54) is 0 Å². The van der Waals surface area contributed by atoms with E-state index in [0.717, 1.165) is 25.7 Å². The molecule has 0 aromatic rings. The second-order valence-electron chi connectivity index (χ2n) is 5.04. The van der Waals surface area contributed by atoms with Crippen LogP contribution in [0.15, 0.2) is 0 Å². The van der Waals surface area contributed by atoms with E-state index in [1.54, 1.807) is 0 Å². The molecule has 0 spiro atoms. The molecule has 0 atom stereocenters. The van der Waals surface area contributed by atoms with E-state index in [-0.39, 0.29) is 18.0 Å². The van der Waals surface area contributed by atoms with Crippen LogP contribution in [0.5, 0.6) is 0 Å². The molecule has 1 N–H and O–H groups in total. The smallest absolute Gasteiger partial charge is 0.309 e. The molecular formula is C11H20O3. The molecular weight excluding hydrogens is 180 g/mol. The van der Waals surface area contributed by atoms with Crippen LogP contribution in [0.25, 0.3) is 0 Å². The zero-order valence-electron chi connectivity index (χ0n) is 9.25. The lowest BCUT2D eigenvalue weighted by atomic mass is 9.87. The number of carbonyl (C=O) groups is 1.